The lowest BCUT2D eigenvalue weighted by Crippen LogP contribution is -2.19. The summed E-state index contributed by atoms with van der Waals surface area (Å²) in [4.78, 5) is 4.51. The molecule has 2 heterocycles. The van der Waals surface area contributed by atoms with Gasteiger partial charge in [0.15, 0.2) is 5.65 Å². The molecule has 3 aromatic rings. The fourth-order valence-electron chi connectivity index (χ4n) is 2.62. The van der Waals surface area contributed by atoms with Gasteiger partial charge in [-0.05, 0) is 34.1 Å². The highest BCUT2D eigenvalue weighted by Crippen LogP contribution is 2.31. The number of fused-ring (bicyclic) bond motifs is 1. The Morgan fingerprint density at radius 3 is 2.65 bits per heavy atom. The van der Waals surface area contributed by atoms with Crippen LogP contribution >= 0.6 is 15.9 Å². The number of hydrazine groups is 1. The van der Waals surface area contributed by atoms with Crippen molar-refractivity contribution in [3.8, 4) is 0 Å². The van der Waals surface area contributed by atoms with Crippen molar-refractivity contribution < 1.29 is 8.42 Å². The normalized spacial score (nSPS) is 12.3. The Hall–Kier alpha value is -2.42. The van der Waals surface area contributed by atoms with Gasteiger partial charge in [-0.15, -0.1) is 0 Å². The van der Waals surface area contributed by atoms with Crippen molar-refractivity contribution in [2.45, 2.75) is 4.90 Å². The van der Waals surface area contributed by atoms with E-state index in [-0.39, 0.29) is 4.90 Å². The number of hydrogen-bond acceptors (Lipinski definition) is 5. The van der Waals surface area contributed by atoms with E-state index in [4.69, 9.17) is 5.84 Å². The average Bonchev–Trinajstić information content (AvgIpc) is 2.99. The largest absolute Gasteiger partial charge is 0.321 e. The number of allylic oxidation sites excluding steroid dienone is 2. The molecule has 0 unspecified atom stereocenters. The van der Waals surface area contributed by atoms with Crippen molar-refractivity contribution in [2.24, 2.45) is 5.84 Å². The van der Waals surface area contributed by atoms with Crippen molar-refractivity contribution in [1.82, 2.24) is 14.0 Å². The first-order chi connectivity index (χ1) is 12.3. The first kappa shape index (κ1) is 18.4. The van der Waals surface area contributed by atoms with Crippen molar-refractivity contribution in [1.29, 1.82) is 0 Å². The monoisotopic (exact) mass is 432 g/mol. The van der Waals surface area contributed by atoms with Crippen LogP contribution in [0, 0.1) is 0 Å². The molecule has 0 aliphatic rings. The highest BCUT2D eigenvalue weighted by molar-refractivity contribution is 9.10. The molecule has 8 heteroatoms. The van der Waals surface area contributed by atoms with Crippen LogP contribution < -0.4 is 5.84 Å². The van der Waals surface area contributed by atoms with Crippen LogP contribution in [0.2, 0.25) is 0 Å². The molecule has 2 aromatic heterocycles. The van der Waals surface area contributed by atoms with E-state index in [1.54, 1.807) is 62.0 Å². The lowest BCUT2D eigenvalue weighted by Gasteiger charge is -2.08. The van der Waals surface area contributed by atoms with Crippen LogP contribution in [-0.2, 0) is 10.0 Å². The number of rotatable bonds is 5. The molecule has 0 fully saturated rings. The highest BCUT2D eigenvalue weighted by atomic mass is 79.9. The molecule has 6 nitrogen and oxygen atoms in total. The second-order valence-electron chi connectivity index (χ2n) is 5.64. The average molecular weight is 433 g/mol. The third-order valence-electron chi connectivity index (χ3n) is 3.75. The Balaban J connectivity index is 2.34. The zero-order valence-electron chi connectivity index (χ0n) is 14.0. The summed E-state index contributed by atoms with van der Waals surface area (Å²) in [6.07, 6.45) is 6.40. The van der Waals surface area contributed by atoms with Gasteiger partial charge in [-0.1, -0.05) is 30.9 Å². The molecule has 0 saturated carbocycles. The molecule has 0 bridgehead atoms. The smallest absolute Gasteiger partial charge is 0.269 e. The van der Waals surface area contributed by atoms with Crippen LogP contribution in [0.1, 0.15) is 5.56 Å². The molecule has 0 spiro atoms. The van der Waals surface area contributed by atoms with Crippen molar-refractivity contribution in [2.75, 3.05) is 7.05 Å². The number of nitrogens with zero attached hydrogens (tertiary/aromatic N) is 3. The Morgan fingerprint density at radius 1 is 1.35 bits per heavy atom. The Morgan fingerprint density at radius 2 is 2.04 bits per heavy atom. The van der Waals surface area contributed by atoms with Gasteiger partial charge < -0.3 is 5.01 Å². The third-order valence-corrected chi connectivity index (χ3v) is 5.85. The van der Waals surface area contributed by atoms with Gasteiger partial charge in [-0.25, -0.2) is 23.2 Å². The second-order valence-corrected chi connectivity index (χ2v) is 8.37. The van der Waals surface area contributed by atoms with E-state index in [2.05, 4.69) is 27.5 Å². The van der Waals surface area contributed by atoms with E-state index in [0.29, 0.717) is 22.2 Å². The topological polar surface area (TPSA) is 81.2 Å². The maximum atomic E-state index is 13.1. The molecule has 2 N–H and O–H groups in total. The predicted molar refractivity (Wildman–Crippen MR) is 107 cm³/mol. The summed E-state index contributed by atoms with van der Waals surface area (Å²) in [5, 5.41) is 2.06. The van der Waals surface area contributed by atoms with Crippen molar-refractivity contribution >= 4 is 42.6 Å². The lowest BCUT2D eigenvalue weighted by atomic mass is 10.1. The minimum absolute atomic E-state index is 0.188. The van der Waals surface area contributed by atoms with Gasteiger partial charge in [0, 0.05) is 46.6 Å². The highest BCUT2D eigenvalue weighted by Gasteiger charge is 2.23. The van der Waals surface area contributed by atoms with Gasteiger partial charge in [-0.2, -0.15) is 0 Å². The number of aromatic nitrogens is 2. The molecule has 1 aromatic carbocycles. The van der Waals surface area contributed by atoms with E-state index < -0.39 is 10.0 Å². The molecule has 0 radical (unpaired) electrons. The number of nitrogens with two attached hydrogens (primary N) is 1. The van der Waals surface area contributed by atoms with Gasteiger partial charge in [-0.3, -0.25) is 0 Å². The minimum Gasteiger partial charge on any atom is -0.321 e. The summed E-state index contributed by atoms with van der Waals surface area (Å²) in [7, 11) is -2.12. The SMILES string of the molecule is C=C/C(=C\N(C)N)c1cn(S(=O)(=O)c2ccccc2)c2ncc(Br)cc12. The molecule has 0 aliphatic heterocycles. The van der Waals surface area contributed by atoms with Crippen LogP contribution in [-0.4, -0.2) is 29.4 Å². The second kappa shape index (κ2) is 7.06. The minimum atomic E-state index is -3.80. The Kier molecular flexibility index (Phi) is 4.99. The summed E-state index contributed by atoms with van der Waals surface area (Å²) in [5.41, 5.74) is 1.68. The zero-order chi connectivity index (χ0) is 18.9. The zero-order valence-corrected chi connectivity index (χ0v) is 16.4. The van der Waals surface area contributed by atoms with Crippen LogP contribution in [0.25, 0.3) is 16.6 Å². The quantitative estimate of drug-likeness (QED) is 0.379. The van der Waals surface area contributed by atoms with Gasteiger partial charge >= 0.3 is 0 Å². The molecule has 0 atom stereocenters. The van der Waals surface area contributed by atoms with E-state index >= 15 is 0 Å². The molecule has 134 valence electrons. The summed E-state index contributed by atoms with van der Waals surface area (Å²) < 4.78 is 28.1. The fraction of sp³-hybridized carbons (Fsp3) is 0.0556. The summed E-state index contributed by atoms with van der Waals surface area (Å²) >= 11 is 3.39. The fourth-order valence-corrected chi connectivity index (χ4v) is 4.30. The summed E-state index contributed by atoms with van der Waals surface area (Å²) in [5.74, 6) is 5.72. The molecule has 26 heavy (non-hydrogen) atoms. The number of pyridine rings is 1. The van der Waals surface area contributed by atoms with E-state index in [1.165, 1.54) is 8.98 Å². The molecule has 3 rings (SSSR count). The molecule has 0 aliphatic carbocycles. The summed E-state index contributed by atoms with van der Waals surface area (Å²) in [6.45, 7) is 3.81. The van der Waals surface area contributed by atoms with Crippen LogP contribution in [0.5, 0.6) is 0 Å². The lowest BCUT2D eigenvalue weighted by molar-refractivity contribution is 0.487. The maximum absolute atomic E-state index is 13.1. The summed E-state index contributed by atoms with van der Waals surface area (Å²) in [6, 6.07) is 10.1. The van der Waals surface area contributed by atoms with E-state index in [9.17, 15) is 8.42 Å². The number of halogens is 1. The molecule has 0 amide bonds. The predicted octanol–water partition coefficient (Wildman–Crippen LogP) is 3.37. The third kappa shape index (κ3) is 3.31. The van der Waals surface area contributed by atoms with Crippen LogP contribution in [0.4, 0.5) is 0 Å². The van der Waals surface area contributed by atoms with Gasteiger partial charge in [0.2, 0.25) is 0 Å². The van der Waals surface area contributed by atoms with Crippen molar-refractivity contribution in [3.63, 3.8) is 0 Å². The maximum Gasteiger partial charge on any atom is 0.269 e. The standard InChI is InChI=1S/C18H17BrN4O2S/c1-3-13(11-22(2)20)17-12-23(18-16(17)9-14(19)10-21-18)26(24,25)15-7-5-4-6-8-15/h3-12H,1,20H2,2H3/b13-11+. The number of hydrogen-bond donors (Lipinski definition) is 1. The first-order valence-corrected chi connectivity index (χ1v) is 9.87. The van der Waals surface area contributed by atoms with Gasteiger partial charge in [0.1, 0.15) is 0 Å². The van der Waals surface area contributed by atoms with E-state index in [1.807, 2.05) is 6.07 Å². The van der Waals surface area contributed by atoms with Crippen molar-refractivity contribution in [3.05, 3.63) is 77.7 Å². The van der Waals surface area contributed by atoms with Crippen LogP contribution in [0.3, 0.4) is 0 Å². The van der Waals surface area contributed by atoms with Gasteiger partial charge in [0.25, 0.3) is 10.0 Å². The molecule has 0 saturated heterocycles. The van der Waals surface area contributed by atoms with Gasteiger partial charge in [0.05, 0.1) is 4.90 Å². The Bertz CT molecular complexity index is 1100. The van der Waals surface area contributed by atoms with Crippen LogP contribution in [0.15, 0.2) is 77.0 Å². The number of benzene rings is 1. The Labute approximate surface area is 160 Å². The van der Waals surface area contributed by atoms with E-state index in [0.717, 1.165) is 4.47 Å². The first-order valence-electron chi connectivity index (χ1n) is 7.64. The molecular formula is C18H17BrN4O2S. The molecular weight excluding hydrogens is 416 g/mol.